The van der Waals surface area contributed by atoms with E-state index in [4.69, 9.17) is 37.4 Å². The molecule has 2 aromatic carbocycles. The summed E-state index contributed by atoms with van der Waals surface area (Å²) in [7, 11) is 3.13. The van der Waals surface area contributed by atoms with E-state index in [-0.39, 0.29) is 6.61 Å². The number of hydrazone groups is 1. The van der Waals surface area contributed by atoms with Crippen LogP contribution < -0.4 is 14.9 Å². The third kappa shape index (κ3) is 6.39. The van der Waals surface area contributed by atoms with Crippen molar-refractivity contribution < 1.29 is 14.2 Å². The molecule has 34 heavy (non-hydrogen) atoms. The molecule has 0 spiro atoms. The van der Waals surface area contributed by atoms with Gasteiger partial charge in [-0.25, -0.2) is 4.98 Å². The second-order valence-corrected chi connectivity index (χ2v) is 8.79. The fourth-order valence-electron chi connectivity index (χ4n) is 3.09. The summed E-state index contributed by atoms with van der Waals surface area (Å²) in [5, 5.41) is 14.8. The highest BCUT2D eigenvalue weighted by Gasteiger charge is 2.12. The molecule has 0 saturated heterocycles. The number of methoxy groups -OCH3 is 2. The lowest BCUT2D eigenvalue weighted by molar-refractivity contribution is 0.184. The molecule has 3 rings (SSSR count). The van der Waals surface area contributed by atoms with Crippen LogP contribution in [-0.4, -0.2) is 25.4 Å². The minimum atomic E-state index is 0.286. The van der Waals surface area contributed by atoms with Crippen molar-refractivity contribution in [1.29, 1.82) is 5.26 Å². The van der Waals surface area contributed by atoms with Crippen LogP contribution in [0.15, 0.2) is 46.0 Å². The minimum Gasteiger partial charge on any atom is -0.493 e. The molecule has 1 N–H and O–H groups in total. The van der Waals surface area contributed by atoms with E-state index < -0.39 is 0 Å². The number of nitrogens with one attached hydrogen (secondary N) is 1. The van der Waals surface area contributed by atoms with Crippen molar-refractivity contribution in [3.63, 3.8) is 0 Å². The van der Waals surface area contributed by atoms with Crippen LogP contribution in [0, 0.1) is 18.3 Å². The van der Waals surface area contributed by atoms with Gasteiger partial charge in [-0.15, -0.1) is 0 Å². The molecule has 176 valence electrons. The lowest BCUT2D eigenvalue weighted by atomic mass is 10.1. The molecule has 1 aromatic heterocycles. The second kappa shape index (κ2) is 12.0. The number of hydrogen-bond acceptors (Lipinski definition) is 7. The van der Waals surface area contributed by atoms with Gasteiger partial charge in [0, 0.05) is 28.4 Å². The first-order valence-electron chi connectivity index (χ1n) is 9.99. The zero-order valence-electron chi connectivity index (χ0n) is 18.7. The number of pyridine rings is 1. The molecular formula is C24H21BrCl2N4O3. The molecule has 0 fully saturated rings. The fraction of sp³-hybridized carbons (Fsp3) is 0.208. The summed E-state index contributed by atoms with van der Waals surface area (Å²) in [4.78, 5) is 4.38. The summed E-state index contributed by atoms with van der Waals surface area (Å²) in [5.74, 6) is 1.43. The van der Waals surface area contributed by atoms with Crippen molar-refractivity contribution in [2.24, 2.45) is 5.10 Å². The van der Waals surface area contributed by atoms with Gasteiger partial charge >= 0.3 is 0 Å². The Morgan fingerprint density at radius 2 is 1.91 bits per heavy atom. The van der Waals surface area contributed by atoms with E-state index in [2.05, 4.69) is 37.5 Å². The minimum absolute atomic E-state index is 0.286. The van der Waals surface area contributed by atoms with E-state index in [1.54, 1.807) is 44.7 Å². The van der Waals surface area contributed by atoms with Crippen LogP contribution in [-0.2, 0) is 18.0 Å². The van der Waals surface area contributed by atoms with Crippen LogP contribution in [0.3, 0.4) is 0 Å². The van der Waals surface area contributed by atoms with E-state index in [1.165, 1.54) is 0 Å². The predicted molar refractivity (Wildman–Crippen MR) is 137 cm³/mol. The molecule has 3 aromatic rings. The zero-order valence-corrected chi connectivity index (χ0v) is 21.8. The van der Waals surface area contributed by atoms with E-state index in [9.17, 15) is 5.26 Å². The first-order chi connectivity index (χ1) is 16.4. The molecule has 0 amide bonds. The number of nitriles is 1. The standard InChI is InChI=1S/C24H21BrCl2N4O3/c1-14-6-17(13-32-2)18(10-28)24(30-14)31-29-11-16-8-22(33-3)23(9-19(16)25)34-12-15-4-5-20(26)21(27)7-15/h4-9,11H,12-13H2,1-3H3,(H,30,31)/b29-11+. The van der Waals surface area contributed by atoms with Crippen molar-refractivity contribution >= 4 is 51.2 Å². The summed E-state index contributed by atoms with van der Waals surface area (Å²) in [6.45, 7) is 2.43. The summed E-state index contributed by atoms with van der Waals surface area (Å²) >= 11 is 15.6. The van der Waals surface area contributed by atoms with Gasteiger partial charge in [-0.2, -0.15) is 10.4 Å². The van der Waals surface area contributed by atoms with Crippen molar-refractivity contribution in [2.45, 2.75) is 20.1 Å². The van der Waals surface area contributed by atoms with Crippen molar-refractivity contribution in [3.8, 4) is 17.6 Å². The molecule has 0 unspecified atom stereocenters. The normalized spacial score (nSPS) is 10.9. The van der Waals surface area contributed by atoms with E-state index >= 15 is 0 Å². The third-order valence-corrected chi connectivity index (χ3v) is 6.10. The van der Waals surface area contributed by atoms with E-state index in [0.29, 0.717) is 39.5 Å². The number of aryl methyl sites for hydroxylation is 1. The van der Waals surface area contributed by atoms with Crippen LogP contribution >= 0.6 is 39.1 Å². The Balaban J connectivity index is 1.78. The maximum atomic E-state index is 9.55. The molecule has 0 aliphatic rings. The largest absolute Gasteiger partial charge is 0.493 e. The number of aromatic nitrogens is 1. The van der Waals surface area contributed by atoms with Gasteiger partial charge in [-0.3, -0.25) is 5.43 Å². The van der Waals surface area contributed by atoms with E-state index in [0.717, 1.165) is 26.9 Å². The highest BCUT2D eigenvalue weighted by molar-refractivity contribution is 9.10. The average molecular weight is 564 g/mol. The molecule has 10 heteroatoms. The number of hydrogen-bond donors (Lipinski definition) is 1. The lowest BCUT2D eigenvalue weighted by Crippen LogP contribution is -2.04. The second-order valence-electron chi connectivity index (χ2n) is 7.12. The molecule has 0 aliphatic carbocycles. The topological polar surface area (TPSA) is 88.8 Å². The van der Waals surface area contributed by atoms with Crippen LogP contribution in [0.2, 0.25) is 10.0 Å². The fourth-order valence-corrected chi connectivity index (χ4v) is 3.84. The van der Waals surface area contributed by atoms with E-state index in [1.807, 2.05) is 19.1 Å². The summed E-state index contributed by atoms with van der Waals surface area (Å²) in [6.07, 6.45) is 1.59. The third-order valence-electron chi connectivity index (χ3n) is 4.68. The van der Waals surface area contributed by atoms with Gasteiger partial charge in [-0.05, 0) is 58.7 Å². The molecular weight excluding hydrogens is 543 g/mol. The summed E-state index contributed by atoms with van der Waals surface area (Å²) in [5.41, 5.74) is 6.32. The average Bonchev–Trinajstić information content (AvgIpc) is 2.81. The maximum absolute atomic E-state index is 9.55. The van der Waals surface area contributed by atoms with Gasteiger partial charge < -0.3 is 14.2 Å². The highest BCUT2D eigenvalue weighted by Crippen LogP contribution is 2.34. The predicted octanol–water partition coefficient (Wildman–Crippen LogP) is 6.51. The monoisotopic (exact) mass is 562 g/mol. The Labute approximate surface area is 216 Å². The zero-order chi connectivity index (χ0) is 24.7. The number of anilines is 1. The van der Waals surface area contributed by atoms with Crippen LogP contribution in [0.1, 0.15) is 27.9 Å². The van der Waals surface area contributed by atoms with Crippen LogP contribution in [0.25, 0.3) is 0 Å². The van der Waals surface area contributed by atoms with Crippen molar-refractivity contribution in [1.82, 2.24) is 4.98 Å². The smallest absolute Gasteiger partial charge is 0.164 e. The number of nitrogens with zero attached hydrogens (tertiary/aromatic N) is 3. The van der Waals surface area contributed by atoms with Crippen molar-refractivity contribution in [3.05, 3.63) is 78.9 Å². The Bertz CT molecular complexity index is 1260. The molecule has 0 saturated carbocycles. The highest BCUT2D eigenvalue weighted by atomic mass is 79.9. The molecule has 1 heterocycles. The first-order valence-corrected chi connectivity index (χ1v) is 11.5. The van der Waals surface area contributed by atoms with Gasteiger partial charge in [0.15, 0.2) is 17.3 Å². The maximum Gasteiger partial charge on any atom is 0.164 e. The van der Waals surface area contributed by atoms with Gasteiger partial charge in [0.2, 0.25) is 0 Å². The Hall–Kier alpha value is -2.83. The lowest BCUT2D eigenvalue weighted by Gasteiger charge is -2.13. The Morgan fingerprint density at radius 1 is 1.12 bits per heavy atom. The Kier molecular flexibility index (Phi) is 9.13. The van der Waals surface area contributed by atoms with Gasteiger partial charge in [-0.1, -0.05) is 29.3 Å². The quantitative estimate of drug-likeness (QED) is 0.236. The molecule has 0 atom stereocenters. The van der Waals surface area contributed by atoms with Crippen LogP contribution in [0.5, 0.6) is 11.5 Å². The summed E-state index contributed by atoms with van der Waals surface area (Å²) in [6, 6.07) is 12.9. The molecule has 0 aliphatic heterocycles. The number of ether oxygens (including phenoxy) is 3. The first kappa shape index (κ1) is 25.8. The number of halogens is 3. The van der Waals surface area contributed by atoms with Gasteiger partial charge in [0.1, 0.15) is 18.2 Å². The molecule has 7 nitrogen and oxygen atoms in total. The number of rotatable bonds is 9. The Morgan fingerprint density at radius 3 is 2.59 bits per heavy atom. The SMILES string of the molecule is COCc1cc(C)nc(N/N=C/c2cc(OC)c(OCc3ccc(Cl)c(Cl)c3)cc2Br)c1C#N. The van der Waals surface area contributed by atoms with Crippen molar-refractivity contribution in [2.75, 3.05) is 19.6 Å². The summed E-state index contributed by atoms with van der Waals surface area (Å²) < 4.78 is 17.3. The van der Waals surface area contributed by atoms with Gasteiger partial charge in [0.05, 0.1) is 30.0 Å². The van der Waals surface area contributed by atoms with Crippen LogP contribution in [0.4, 0.5) is 5.82 Å². The molecule has 0 radical (unpaired) electrons. The van der Waals surface area contributed by atoms with Gasteiger partial charge in [0.25, 0.3) is 0 Å². The molecule has 0 bridgehead atoms. The number of benzene rings is 2.